The largest absolute Gasteiger partial charge is 0.392 e. The van der Waals surface area contributed by atoms with Gasteiger partial charge < -0.3 is 5.11 Å². The van der Waals surface area contributed by atoms with Crippen molar-refractivity contribution in [3.63, 3.8) is 0 Å². The van der Waals surface area contributed by atoms with Crippen LogP contribution in [0.4, 0.5) is 11.4 Å². The van der Waals surface area contributed by atoms with E-state index in [4.69, 9.17) is 5.11 Å². The number of anilines is 2. The summed E-state index contributed by atoms with van der Waals surface area (Å²) in [5.41, 5.74) is 2.04. The quantitative estimate of drug-likeness (QED) is 0.674. The lowest BCUT2D eigenvalue weighted by Gasteiger charge is -2.27. The van der Waals surface area contributed by atoms with Gasteiger partial charge in [-0.1, -0.05) is 48.0 Å². The van der Waals surface area contributed by atoms with E-state index in [9.17, 15) is 9.59 Å². The highest BCUT2D eigenvalue weighted by Gasteiger charge is 2.46. The first-order chi connectivity index (χ1) is 12.1. The van der Waals surface area contributed by atoms with Crippen molar-refractivity contribution in [3.8, 4) is 0 Å². The molecule has 3 rings (SSSR count). The molecule has 1 fully saturated rings. The van der Waals surface area contributed by atoms with Crippen molar-refractivity contribution in [1.82, 2.24) is 0 Å². The molecule has 1 N–H and O–H groups in total. The lowest BCUT2D eigenvalue weighted by molar-refractivity contribution is -0.126. The van der Waals surface area contributed by atoms with Gasteiger partial charge in [0.05, 0.1) is 18.0 Å². The number of aliphatic hydroxyl groups excluding tert-OH is 1. The molecule has 0 atom stereocenters. The van der Waals surface area contributed by atoms with Crippen LogP contribution in [0.2, 0.25) is 0 Å². The fraction of sp³-hybridized carbons (Fsp3) is 0.200. The minimum atomic E-state index is -0.790. The van der Waals surface area contributed by atoms with Gasteiger partial charge in [0.2, 0.25) is 0 Å². The number of hydrogen-bond donors (Lipinski definition) is 1. The van der Waals surface area contributed by atoms with E-state index in [2.05, 4.69) is 0 Å². The number of aliphatic hydroxyl groups is 1. The third-order valence-electron chi connectivity index (χ3n) is 4.17. The Labute approximate surface area is 146 Å². The van der Waals surface area contributed by atoms with Crippen LogP contribution in [0.5, 0.6) is 0 Å². The molecule has 2 aromatic carbocycles. The zero-order valence-electron chi connectivity index (χ0n) is 14.0. The molecule has 25 heavy (non-hydrogen) atoms. The number of allylic oxidation sites excluding steroid dienone is 1. The van der Waals surface area contributed by atoms with Crippen molar-refractivity contribution in [2.45, 2.75) is 13.3 Å². The molecule has 1 heterocycles. The molecule has 5 heteroatoms. The number of hydrazine groups is 1. The fourth-order valence-electron chi connectivity index (χ4n) is 2.81. The second kappa shape index (κ2) is 7.32. The maximum Gasteiger partial charge on any atom is 0.259 e. The van der Waals surface area contributed by atoms with Crippen LogP contribution in [0, 0.1) is 5.92 Å². The molecule has 2 amide bonds. The molecule has 128 valence electrons. The minimum Gasteiger partial charge on any atom is -0.392 e. The SMILES string of the molecule is C/C(=C\CC1C(=O)N(c2ccccc2)N(c2ccccc2)C1=O)CO. The van der Waals surface area contributed by atoms with Gasteiger partial charge in [-0.05, 0) is 37.6 Å². The van der Waals surface area contributed by atoms with Gasteiger partial charge in [0, 0.05) is 0 Å². The molecule has 1 saturated heterocycles. The first kappa shape index (κ1) is 16.9. The molecular formula is C20H20N2O3. The molecule has 5 nitrogen and oxygen atoms in total. The highest BCUT2D eigenvalue weighted by Crippen LogP contribution is 2.33. The maximum atomic E-state index is 13.0. The van der Waals surface area contributed by atoms with Gasteiger partial charge in [-0.25, -0.2) is 10.0 Å². The molecular weight excluding hydrogens is 316 g/mol. The van der Waals surface area contributed by atoms with Gasteiger partial charge in [0.25, 0.3) is 11.8 Å². The van der Waals surface area contributed by atoms with E-state index in [0.29, 0.717) is 11.4 Å². The average Bonchev–Trinajstić information content (AvgIpc) is 2.91. The Morgan fingerprint density at radius 3 is 1.76 bits per heavy atom. The van der Waals surface area contributed by atoms with Crippen LogP contribution in [0.3, 0.4) is 0 Å². The van der Waals surface area contributed by atoms with Crippen molar-refractivity contribution >= 4 is 23.2 Å². The number of carbonyl (C=O) groups excluding carboxylic acids is 2. The smallest absolute Gasteiger partial charge is 0.259 e. The Balaban J connectivity index is 2.01. The first-order valence-electron chi connectivity index (χ1n) is 8.18. The highest BCUT2D eigenvalue weighted by atomic mass is 16.3. The van der Waals surface area contributed by atoms with E-state index in [1.54, 1.807) is 37.3 Å². The Bertz CT molecular complexity index is 730. The zero-order chi connectivity index (χ0) is 17.8. The van der Waals surface area contributed by atoms with Crippen molar-refractivity contribution in [2.24, 2.45) is 5.92 Å². The average molecular weight is 336 g/mol. The van der Waals surface area contributed by atoms with Gasteiger partial charge in [0.15, 0.2) is 0 Å². The molecule has 0 bridgehead atoms. The lowest BCUT2D eigenvalue weighted by Crippen LogP contribution is -2.41. The molecule has 0 unspecified atom stereocenters. The Morgan fingerprint density at radius 1 is 0.920 bits per heavy atom. The fourth-order valence-corrected chi connectivity index (χ4v) is 2.81. The van der Waals surface area contributed by atoms with E-state index in [1.807, 2.05) is 36.4 Å². The van der Waals surface area contributed by atoms with E-state index in [0.717, 1.165) is 5.57 Å². The molecule has 0 saturated carbocycles. The first-order valence-corrected chi connectivity index (χ1v) is 8.18. The summed E-state index contributed by atoms with van der Waals surface area (Å²) in [4.78, 5) is 25.9. The maximum absolute atomic E-state index is 13.0. The second-order valence-corrected chi connectivity index (χ2v) is 5.97. The number of amides is 2. The summed E-state index contributed by atoms with van der Waals surface area (Å²) in [5, 5.41) is 12.0. The van der Waals surface area contributed by atoms with Gasteiger partial charge >= 0.3 is 0 Å². The van der Waals surface area contributed by atoms with Gasteiger partial charge in [-0.2, -0.15) is 0 Å². The standard InChI is InChI=1S/C20H20N2O3/c1-15(14-23)12-13-18-19(24)21(16-8-4-2-5-9-16)22(20(18)25)17-10-6-3-7-11-17/h2-12,18,23H,13-14H2,1H3/b15-12+. The topological polar surface area (TPSA) is 60.9 Å². The number of nitrogens with zero attached hydrogens (tertiary/aromatic N) is 2. The summed E-state index contributed by atoms with van der Waals surface area (Å²) in [5.74, 6) is -1.31. The van der Waals surface area contributed by atoms with Crippen LogP contribution in [-0.4, -0.2) is 23.5 Å². The normalized spacial score (nSPS) is 16.0. The summed E-state index contributed by atoms with van der Waals surface area (Å²) < 4.78 is 0. The zero-order valence-corrected chi connectivity index (χ0v) is 14.0. The van der Waals surface area contributed by atoms with Gasteiger partial charge in [-0.15, -0.1) is 0 Å². The van der Waals surface area contributed by atoms with Gasteiger partial charge in [0.1, 0.15) is 5.92 Å². The van der Waals surface area contributed by atoms with Crippen molar-refractivity contribution in [3.05, 3.63) is 72.3 Å². The third-order valence-corrected chi connectivity index (χ3v) is 4.17. The van der Waals surface area contributed by atoms with Crippen LogP contribution in [-0.2, 0) is 9.59 Å². The van der Waals surface area contributed by atoms with Gasteiger partial charge in [-0.3, -0.25) is 9.59 Å². The number of carbonyl (C=O) groups is 2. The molecule has 2 aromatic rings. The van der Waals surface area contributed by atoms with Crippen LogP contribution in [0.15, 0.2) is 72.3 Å². The van der Waals surface area contributed by atoms with Crippen LogP contribution < -0.4 is 10.0 Å². The Kier molecular flexibility index (Phi) is 4.95. The molecule has 0 aromatic heterocycles. The van der Waals surface area contributed by atoms with E-state index in [1.165, 1.54) is 10.0 Å². The lowest BCUT2D eigenvalue weighted by atomic mass is 10.0. The molecule has 1 aliphatic heterocycles. The van der Waals surface area contributed by atoms with E-state index < -0.39 is 5.92 Å². The molecule has 0 spiro atoms. The number of para-hydroxylation sites is 2. The molecule has 0 radical (unpaired) electrons. The van der Waals surface area contributed by atoms with Crippen LogP contribution >= 0.6 is 0 Å². The third kappa shape index (κ3) is 3.32. The predicted molar refractivity (Wildman–Crippen MR) is 96.8 cm³/mol. The Hall–Kier alpha value is -2.92. The molecule has 0 aliphatic carbocycles. The van der Waals surface area contributed by atoms with Crippen molar-refractivity contribution in [2.75, 3.05) is 16.6 Å². The summed E-state index contributed by atoms with van der Waals surface area (Å²) in [6.07, 6.45) is 2.02. The monoisotopic (exact) mass is 336 g/mol. The Morgan fingerprint density at radius 2 is 1.36 bits per heavy atom. The second-order valence-electron chi connectivity index (χ2n) is 5.97. The van der Waals surface area contributed by atoms with Crippen LogP contribution in [0.25, 0.3) is 0 Å². The summed E-state index contributed by atoms with van der Waals surface area (Å²) in [6, 6.07) is 18.3. The van der Waals surface area contributed by atoms with E-state index in [-0.39, 0.29) is 24.8 Å². The summed E-state index contributed by atoms with van der Waals surface area (Å²) >= 11 is 0. The van der Waals surface area contributed by atoms with Crippen LogP contribution in [0.1, 0.15) is 13.3 Å². The molecule has 1 aliphatic rings. The van der Waals surface area contributed by atoms with Crippen molar-refractivity contribution < 1.29 is 14.7 Å². The highest BCUT2D eigenvalue weighted by molar-refractivity contribution is 6.23. The predicted octanol–water partition coefficient (Wildman–Crippen LogP) is 2.93. The van der Waals surface area contributed by atoms with E-state index >= 15 is 0 Å². The number of rotatable bonds is 5. The number of benzene rings is 2. The minimum absolute atomic E-state index is 0.0834. The summed E-state index contributed by atoms with van der Waals surface area (Å²) in [6.45, 7) is 1.69. The van der Waals surface area contributed by atoms with Crippen molar-refractivity contribution in [1.29, 1.82) is 0 Å². The summed E-state index contributed by atoms with van der Waals surface area (Å²) in [7, 11) is 0. The number of hydrogen-bond acceptors (Lipinski definition) is 3.